The molecule has 1 aromatic carbocycles. The number of nitriles is 1. The van der Waals surface area contributed by atoms with Gasteiger partial charge >= 0.3 is 5.97 Å². The zero-order valence-electron chi connectivity index (χ0n) is 13.2. The molecule has 0 spiro atoms. The maximum Gasteiger partial charge on any atom is 0.348 e. The first-order valence-electron chi connectivity index (χ1n) is 8.00. The van der Waals surface area contributed by atoms with Gasteiger partial charge in [0.15, 0.2) is 6.61 Å². The molecule has 0 aliphatic heterocycles. The Balaban J connectivity index is 1.57. The zero-order valence-corrected chi connectivity index (χ0v) is 14.0. The first kappa shape index (κ1) is 16.5. The van der Waals surface area contributed by atoms with E-state index in [0.29, 0.717) is 17.7 Å². The number of esters is 1. The lowest BCUT2D eigenvalue weighted by Gasteiger charge is -2.31. The van der Waals surface area contributed by atoms with Crippen molar-refractivity contribution in [2.75, 3.05) is 6.61 Å². The number of amides is 1. The molecule has 2 aromatic rings. The molecule has 0 bridgehead atoms. The van der Waals surface area contributed by atoms with E-state index in [0.717, 1.165) is 29.3 Å². The predicted molar refractivity (Wildman–Crippen MR) is 91.7 cm³/mol. The van der Waals surface area contributed by atoms with Crippen LogP contribution in [0.15, 0.2) is 30.3 Å². The number of nitrogens with one attached hydrogen (secondary N) is 1. The highest BCUT2D eigenvalue weighted by Crippen LogP contribution is 2.28. The fraction of sp³-hybridized carbons (Fsp3) is 0.389. The number of thiophene rings is 1. The van der Waals surface area contributed by atoms with Gasteiger partial charge in [-0.1, -0.05) is 37.5 Å². The van der Waals surface area contributed by atoms with Crippen LogP contribution in [-0.4, -0.2) is 24.0 Å². The van der Waals surface area contributed by atoms with E-state index in [1.807, 2.05) is 24.3 Å². The third-order valence-corrected chi connectivity index (χ3v) is 5.36. The molecule has 6 heteroatoms. The van der Waals surface area contributed by atoms with Crippen LogP contribution in [0.1, 0.15) is 41.8 Å². The third kappa shape index (κ3) is 3.57. The lowest BCUT2D eigenvalue weighted by atomic mass is 9.83. The van der Waals surface area contributed by atoms with E-state index in [1.54, 1.807) is 6.07 Å². The fourth-order valence-electron chi connectivity index (χ4n) is 3.01. The van der Waals surface area contributed by atoms with Crippen molar-refractivity contribution in [1.29, 1.82) is 5.26 Å². The first-order valence-corrected chi connectivity index (χ1v) is 8.81. The van der Waals surface area contributed by atoms with Gasteiger partial charge in [0.1, 0.15) is 10.4 Å². The minimum absolute atomic E-state index is 0.365. The minimum atomic E-state index is -0.806. The van der Waals surface area contributed by atoms with Crippen LogP contribution in [0.5, 0.6) is 0 Å². The standard InChI is InChI=1S/C18H18N2O3S/c19-12-18(8-4-1-5-9-18)20-16(21)11-23-17(22)15-10-13-6-2-3-7-14(13)24-15/h2-3,6-7,10H,1,4-5,8-9,11H2,(H,20,21). The summed E-state index contributed by atoms with van der Waals surface area (Å²) < 4.78 is 6.10. The van der Waals surface area contributed by atoms with Gasteiger partial charge in [0, 0.05) is 4.70 Å². The molecule has 24 heavy (non-hydrogen) atoms. The van der Waals surface area contributed by atoms with Crippen LogP contribution in [0.25, 0.3) is 10.1 Å². The molecular formula is C18H18N2O3S. The second-order valence-corrected chi connectivity index (χ2v) is 7.11. The number of benzene rings is 1. The molecule has 1 aliphatic rings. The largest absolute Gasteiger partial charge is 0.451 e. The van der Waals surface area contributed by atoms with Gasteiger partial charge in [-0.2, -0.15) is 5.26 Å². The summed E-state index contributed by atoms with van der Waals surface area (Å²) in [5.41, 5.74) is -0.806. The quantitative estimate of drug-likeness (QED) is 0.864. The van der Waals surface area contributed by atoms with Crippen molar-refractivity contribution in [2.24, 2.45) is 0 Å². The third-order valence-electron chi connectivity index (χ3n) is 4.26. The number of ether oxygens (including phenoxy) is 1. The van der Waals surface area contributed by atoms with Gasteiger partial charge in [-0.25, -0.2) is 4.79 Å². The van der Waals surface area contributed by atoms with Crippen molar-refractivity contribution < 1.29 is 14.3 Å². The molecule has 3 rings (SSSR count). The fourth-order valence-corrected chi connectivity index (χ4v) is 3.96. The Morgan fingerprint density at radius 1 is 1.25 bits per heavy atom. The van der Waals surface area contributed by atoms with E-state index in [-0.39, 0.29) is 6.61 Å². The highest BCUT2D eigenvalue weighted by Gasteiger charge is 2.33. The number of hydrogen-bond acceptors (Lipinski definition) is 5. The monoisotopic (exact) mass is 342 g/mol. The molecule has 0 unspecified atom stereocenters. The molecule has 5 nitrogen and oxygen atoms in total. The molecule has 1 heterocycles. The Hall–Kier alpha value is -2.39. The van der Waals surface area contributed by atoms with Gasteiger partial charge in [-0.05, 0) is 30.4 Å². The Morgan fingerprint density at radius 3 is 2.71 bits per heavy atom. The second kappa shape index (κ2) is 7.02. The molecule has 1 aliphatic carbocycles. The summed E-state index contributed by atoms with van der Waals surface area (Å²) in [4.78, 5) is 24.6. The van der Waals surface area contributed by atoms with E-state index >= 15 is 0 Å². The van der Waals surface area contributed by atoms with Crippen LogP contribution in [0.3, 0.4) is 0 Å². The Labute approximate surface area is 144 Å². The van der Waals surface area contributed by atoms with Crippen molar-refractivity contribution in [1.82, 2.24) is 5.32 Å². The number of nitrogens with zero attached hydrogens (tertiary/aromatic N) is 1. The molecule has 1 aromatic heterocycles. The Morgan fingerprint density at radius 2 is 2.00 bits per heavy atom. The molecule has 0 saturated heterocycles. The lowest BCUT2D eigenvalue weighted by molar-refractivity contribution is -0.125. The van der Waals surface area contributed by atoms with Crippen LogP contribution < -0.4 is 5.32 Å². The molecule has 0 atom stereocenters. The van der Waals surface area contributed by atoms with Gasteiger partial charge in [0.2, 0.25) is 0 Å². The Kier molecular flexibility index (Phi) is 4.81. The van der Waals surface area contributed by atoms with E-state index in [4.69, 9.17) is 4.74 Å². The number of fused-ring (bicyclic) bond motifs is 1. The summed E-state index contributed by atoms with van der Waals surface area (Å²) in [7, 11) is 0. The van der Waals surface area contributed by atoms with Crippen LogP contribution in [0, 0.1) is 11.3 Å². The number of carbonyl (C=O) groups excluding carboxylic acids is 2. The summed E-state index contributed by atoms with van der Waals surface area (Å²) >= 11 is 1.34. The topological polar surface area (TPSA) is 79.2 Å². The van der Waals surface area contributed by atoms with E-state index in [9.17, 15) is 14.9 Å². The highest BCUT2D eigenvalue weighted by atomic mass is 32.1. The number of hydrogen-bond donors (Lipinski definition) is 1. The van der Waals surface area contributed by atoms with Crippen molar-refractivity contribution in [3.05, 3.63) is 35.2 Å². The molecule has 1 N–H and O–H groups in total. The smallest absolute Gasteiger partial charge is 0.348 e. The van der Waals surface area contributed by atoms with Crippen molar-refractivity contribution in [2.45, 2.75) is 37.6 Å². The highest BCUT2D eigenvalue weighted by molar-refractivity contribution is 7.20. The van der Waals surface area contributed by atoms with Crippen LogP contribution in [0.2, 0.25) is 0 Å². The molecule has 1 saturated carbocycles. The average molecular weight is 342 g/mol. The summed E-state index contributed by atoms with van der Waals surface area (Å²) in [5, 5.41) is 13.1. The van der Waals surface area contributed by atoms with E-state index in [2.05, 4.69) is 11.4 Å². The molecular weight excluding hydrogens is 324 g/mol. The van der Waals surface area contributed by atoms with Crippen LogP contribution >= 0.6 is 11.3 Å². The maximum absolute atomic E-state index is 12.1. The van der Waals surface area contributed by atoms with E-state index < -0.39 is 17.4 Å². The van der Waals surface area contributed by atoms with E-state index in [1.165, 1.54) is 11.3 Å². The summed E-state index contributed by atoms with van der Waals surface area (Å²) in [6, 6.07) is 11.7. The predicted octanol–water partition coefficient (Wildman–Crippen LogP) is 3.40. The molecule has 1 amide bonds. The normalized spacial score (nSPS) is 16.3. The molecule has 124 valence electrons. The van der Waals surface area contributed by atoms with Crippen molar-refractivity contribution in [3.8, 4) is 6.07 Å². The lowest BCUT2D eigenvalue weighted by Crippen LogP contribution is -2.50. The second-order valence-electron chi connectivity index (χ2n) is 6.03. The summed E-state index contributed by atoms with van der Waals surface area (Å²) in [5.74, 6) is -0.936. The van der Waals surface area contributed by atoms with Crippen molar-refractivity contribution in [3.63, 3.8) is 0 Å². The average Bonchev–Trinajstić information content (AvgIpc) is 3.04. The summed E-state index contributed by atoms with van der Waals surface area (Å²) in [6.45, 7) is -0.365. The molecule has 0 radical (unpaired) electrons. The number of carbonyl (C=O) groups is 2. The van der Waals surface area contributed by atoms with Crippen LogP contribution in [0.4, 0.5) is 0 Å². The van der Waals surface area contributed by atoms with Crippen LogP contribution in [-0.2, 0) is 9.53 Å². The van der Waals surface area contributed by atoms with Gasteiger partial charge in [-0.3, -0.25) is 4.79 Å². The maximum atomic E-state index is 12.1. The van der Waals surface area contributed by atoms with Gasteiger partial charge in [0.25, 0.3) is 5.91 Å². The van der Waals surface area contributed by atoms with Gasteiger partial charge < -0.3 is 10.1 Å². The van der Waals surface area contributed by atoms with Gasteiger partial charge in [0.05, 0.1) is 6.07 Å². The summed E-state index contributed by atoms with van der Waals surface area (Å²) in [6.07, 6.45) is 4.24. The molecule has 1 fully saturated rings. The SMILES string of the molecule is N#CC1(NC(=O)COC(=O)c2cc3ccccc3s2)CCCCC1. The first-order chi connectivity index (χ1) is 11.6. The minimum Gasteiger partial charge on any atom is -0.451 e. The van der Waals surface area contributed by atoms with Crippen molar-refractivity contribution >= 4 is 33.3 Å². The Bertz CT molecular complexity index is 767. The zero-order chi connectivity index (χ0) is 17.0. The van der Waals surface area contributed by atoms with Gasteiger partial charge in [-0.15, -0.1) is 11.3 Å². The number of rotatable bonds is 4.